The summed E-state index contributed by atoms with van der Waals surface area (Å²) in [5.41, 5.74) is 4.72. The molecule has 1 aromatic carbocycles. The lowest BCUT2D eigenvalue weighted by Crippen LogP contribution is -2.40. The Morgan fingerprint density at radius 1 is 1.17 bits per heavy atom. The Labute approximate surface area is 142 Å². The summed E-state index contributed by atoms with van der Waals surface area (Å²) in [5.74, 6) is 1.06. The van der Waals surface area contributed by atoms with E-state index < -0.39 is 5.41 Å². The van der Waals surface area contributed by atoms with E-state index in [1.165, 1.54) is 0 Å². The number of hydrogen-bond acceptors (Lipinski definition) is 4. The molecule has 5 nitrogen and oxygen atoms in total. The van der Waals surface area contributed by atoms with Crippen LogP contribution in [-0.2, 0) is 10.2 Å². The highest BCUT2D eigenvalue weighted by atomic mass is 16.3. The SMILES string of the molecule is Cc1cc(C2Nc3cc4c(cc3N2)C(C)(C)C(=O)N4C(C)C)co1. The van der Waals surface area contributed by atoms with Gasteiger partial charge in [0.15, 0.2) is 0 Å². The third-order valence-electron chi connectivity index (χ3n) is 5.02. The summed E-state index contributed by atoms with van der Waals surface area (Å²) in [4.78, 5) is 14.7. The Kier molecular flexibility index (Phi) is 3.02. The predicted molar refractivity (Wildman–Crippen MR) is 95.5 cm³/mol. The van der Waals surface area contributed by atoms with Crippen molar-refractivity contribution in [1.82, 2.24) is 0 Å². The zero-order valence-corrected chi connectivity index (χ0v) is 14.7. The molecule has 2 aliphatic heterocycles. The fourth-order valence-corrected chi connectivity index (χ4v) is 3.69. The van der Waals surface area contributed by atoms with E-state index in [0.29, 0.717) is 0 Å². The molecule has 5 heteroatoms. The van der Waals surface area contributed by atoms with Gasteiger partial charge in [0.2, 0.25) is 5.91 Å². The maximum atomic E-state index is 12.8. The van der Waals surface area contributed by atoms with Crippen molar-refractivity contribution in [2.45, 2.75) is 52.2 Å². The van der Waals surface area contributed by atoms with Crippen LogP contribution in [0.15, 0.2) is 28.9 Å². The number of benzene rings is 1. The highest BCUT2D eigenvalue weighted by Gasteiger charge is 2.45. The molecule has 1 unspecified atom stereocenters. The Morgan fingerprint density at radius 2 is 1.83 bits per heavy atom. The van der Waals surface area contributed by atoms with Crippen molar-refractivity contribution in [3.8, 4) is 0 Å². The summed E-state index contributed by atoms with van der Waals surface area (Å²) in [6, 6.07) is 6.37. The van der Waals surface area contributed by atoms with E-state index >= 15 is 0 Å². The maximum Gasteiger partial charge on any atom is 0.237 e. The molecule has 1 aromatic heterocycles. The molecule has 0 spiro atoms. The number of aryl methyl sites for hydroxylation is 1. The average molecular weight is 325 g/mol. The molecule has 0 saturated heterocycles. The van der Waals surface area contributed by atoms with Crippen LogP contribution in [0.2, 0.25) is 0 Å². The van der Waals surface area contributed by atoms with E-state index in [0.717, 1.165) is 33.9 Å². The van der Waals surface area contributed by atoms with Crippen LogP contribution >= 0.6 is 0 Å². The number of anilines is 3. The zero-order valence-electron chi connectivity index (χ0n) is 14.7. The number of carbonyl (C=O) groups is 1. The molecule has 0 aliphatic carbocycles. The number of hydrogen-bond donors (Lipinski definition) is 2. The molecule has 2 aromatic rings. The van der Waals surface area contributed by atoms with E-state index in [-0.39, 0.29) is 18.1 Å². The topological polar surface area (TPSA) is 57.5 Å². The third kappa shape index (κ3) is 1.97. The molecular formula is C19H23N3O2. The van der Waals surface area contributed by atoms with Gasteiger partial charge in [0.1, 0.15) is 11.9 Å². The lowest BCUT2D eigenvalue weighted by atomic mass is 9.86. The second kappa shape index (κ2) is 4.79. The van der Waals surface area contributed by atoms with Crippen LogP contribution < -0.4 is 15.5 Å². The van der Waals surface area contributed by atoms with Gasteiger partial charge in [0.05, 0.1) is 28.7 Å². The number of rotatable bonds is 2. The maximum absolute atomic E-state index is 12.8. The molecule has 0 radical (unpaired) electrons. The Hall–Kier alpha value is -2.43. The van der Waals surface area contributed by atoms with Crippen LogP contribution in [-0.4, -0.2) is 11.9 Å². The van der Waals surface area contributed by atoms with E-state index in [1.54, 1.807) is 6.26 Å². The third-order valence-corrected chi connectivity index (χ3v) is 5.02. The molecule has 3 heterocycles. The highest BCUT2D eigenvalue weighted by molar-refractivity contribution is 6.09. The predicted octanol–water partition coefficient (Wildman–Crippen LogP) is 4.16. The van der Waals surface area contributed by atoms with Crippen LogP contribution in [0.25, 0.3) is 0 Å². The molecule has 126 valence electrons. The molecule has 0 saturated carbocycles. The first-order valence-electron chi connectivity index (χ1n) is 8.39. The second-order valence-electron chi connectivity index (χ2n) is 7.52. The molecule has 4 rings (SSSR count). The largest absolute Gasteiger partial charge is 0.469 e. The van der Waals surface area contributed by atoms with Gasteiger partial charge in [-0.25, -0.2) is 0 Å². The van der Waals surface area contributed by atoms with Crippen molar-refractivity contribution in [2.75, 3.05) is 15.5 Å². The zero-order chi connectivity index (χ0) is 17.2. The number of nitrogens with one attached hydrogen (secondary N) is 2. The van der Waals surface area contributed by atoms with E-state index in [1.807, 2.05) is 31.7 Å². The van der Waals surface area contributed by atoms with Crippen molar-refractivity contribution in [2.24, 2.45) is 0 Å². The first-order chi connectivity index (χ1) is 11.3. The summed E-state index contributed by atoms with van der Waals surface area (Å²) >= 11 is 0. The van der Waals surface area contributed by atoms with Crippen LogP contribution in [0.1, 0.15) is 50.7 Å². The van der Waals surface area contributed by atoms with Crippen molar-refractivity contribution in [1.29, 1.82) is 0 Å². The molecule has 2 aliphatic rings. The second-order valence-corrected chi connectivity index (χ2v) is 7.52. The number of furan rings is 1. The first kappa shape index (κ1) is 15.1. The fourth-order valence-electron chi connectivity index (χ4n) is 3.69. The molecule has 24 heavy (non-hydrogen) atoms. The monoisotopic (exact) mass is 325 g/mol. The minimum atomic E-state index is -0.499. The minimum Gasteiger partial charge on any atom is -0.469 e. The van der Waals surface area contributed by atoms with Gasteiger partial charge in [-0.2, -0.15) is 0 Å². The van der Waals surface area contributed by atoms with Crippen molar-refractivity contribution >= 4 is 23.0 Å². The molecule has 0 fully saturated rings. The van der Waals surface area contributed by atoms with Crippen LogP contribution in [0.4, 0.5) is 17.1 Å². The summed E-state index contributed by atoms with van der Waals surface area (Å²) in [7, 11) is 0. The van der Waals surface area contributed by atoms with Crippen molar-refractivity contribution in [3.05, 3.63) is 41.3 Å². The van der Waals surface area contributed by atoms with Crippen LogP contribution in [0.5, 0.6) is 0 Å². The van der Waals surface area contributed by atoms with Gasteiger partial charge in [-0.05, 0) is 58.4 Å². The average Bonchev–Trinajstić information content (AvgIpc) is 3.15. The molecular weight excluding hydrogens is 302 g/mol. The summed E-state index contributed by atoms with van der Waals surface area (Å²) in [5, 5.41) is 6.98. The number of carbonyl (C=O) groups excluding carboxylic acids is 1. The van der Waals surface area contributed by atoms with Gasteiger partial charge < -0.3 is 20.0 Å². The summed E-state index contributed by atoms with van der Waals surface area (Å²) in [6.07, 6.45) is 1.76. The van der Waals surface area contributed by atoms with Gasteiger partial charge in [0.25, 0.3) is 0 Å². The van der Waals surface area contributed by atoms with Crippen molar-refractivity contribution in [3.63, 3.8) is 0 Å². The van der Waals surface area contributed by atoms with Gasteiger partial charge in [0, 0.05) is 11.6 Å². The molecule has 2 N–H and O–H groups in total. The Morgan fingerprint density at radius 3 is 2.42 bits per heavy atom. The van der Waals surface area contributed by atoms with Crippen LogP contribution in [0, 0.1) is 6.92 Å². The van der Waals surface area contributed by atoms with Crippen LogP contribution in [0.3, 0.4) is 0 Å². The normalized spacial score (nSPS) is 20.8. The molecule has 0 bridgehead atoms. The lowest BCUT2D eigenvalue weighted by molar-refractivity contribution is -0.122. The lowest BCUT2D eigenvalue weighted by Gasteiger charge is -2.24. The Balaban J connectivity index is 1.76. The van der Waals surface area contributed by atoms with Gasteiger partial charge in [-0.1, -0.05) is 0 Å². The van der Waals surface area contributed by atoms with Gasteiger partial charge >= 0.3 is 0 Å². The molecule has 1 amide bonds. The highest BCUT2D eigenvalue weighted by Crippen LogP contribution is 2.48. The van der Waals surface area contributed by atoms with Crippen molar-refractivity contribution < 1.29 is 9.21 Å². The van der Waals surface area contributed by atoms with Gasteiger partial charge in [-0.3, -0.25) is 4.79 Å². The van der Waals surface area contributed by atoms with E-state index in [9.17, 15) is 4.79 Å². The molecule has 1 atom stereocenters. The van der Waals surface area contributed by atoms with E-state index in [4.69, 9.17) is 4.42 Å². The first-order valence-corrected chi connectivity index (χ1v) is 8.39. The summed E-state index contributed by atoms with van der Waals surface area (Å²) in [6.45, 7) is 10.1. The fraction of sp³-hybridized carbons (Fsp3) is 0.421. The number of fused-ring (bicyclic) bond motifs is 2. The number of nitrogens with zero attached hydrogens (tertiary/aromatic N) is 1. The smallest absolute Gasteiger partial charge is 0.237 e. The van der Waals surface area contributed by atoms with E-state index in [2.05, 4.69) is 36.6 Å². The summed E-state index contributed by atoms with van der Waals surface area (Å²) < 4.78 is 5.42. The Bertz CT molecular complexity index is 835. The number of amides is 1. The quantitative estimate of drug-likeness (QED) is 0.870. The minimum absolute atomic E-state index is 0.00806. The van der Waals surface area contributed by atoms with Gasteiger partial charge in [-0.15, -0.1) is 0 Å². The standard InChI is InChI=1S/C19H23N3O2/c1-10(2)22-16-8-15-14(7-13(16)19(4,5)18(22)23)20-17(21-15)12-6-11(3)24-9-12/h6-10,17,20-21H,1-5H3.